The van der Waals surface area contributed by atoms with Gasteiger partial charge in [0, 0.05) is 61.5 Å². The summed E-state index contributed by atoms with van der Waals surface area (Å²) >= 11 is 0. The van der Waals surface area contributed by atoms with Crippen LogP contribution in [0.4, 0.5) is 23.4 Å². The number of hydrogen-bond acceptors (Lipinski definition) is 10. The molecular weight excluding hydrogens is 739 g/mol. The van der Waals surface area contributed by atoms with Gasteiger partial charge in [0.15, 0.2) is 11.6 Å². The van der Waals surface area contributed by atoms with Crippen LogP contribution in [-0.2, 0) is 4.79 Å². The number of piperazine rings is 1. The van der Waals surface area contributed by atoms with Crippen LogP contribution in [0.15, 0.2) is 48.4 Å². The lowest BCUT2D eigenvalue weighted by Crippen LogP contribution is -2.55. The third-order valence-corrected chi connectivity index (χ3v) is 11.1. The van der Waals surface area contributed by atoms with Crippen molar-refractivity contribution >= 4 is 39.5 Å². The van der Waals surface area contributed by atoms with Crippen LogP contribution in [-0.4, -0.2) is 97.7 Å². The van der Waals surface area contributed by atoms with Crippen molar-refractivity contribution in [3.63, 3.8) is 0 Å². The first-order chi connectivity index (χ1) is 27.5. The molecule has 57 heavy (non-hydrogen) atoms. The fourth-order valence-corrected chi connectivity index (χ4v) is 8.60. The number of nitrogens with zero attached hydrogens (tertiary/aromatic N) is 9. The Hall–Kier alpha value is -6.19. The number of carbonyl (C=O) groups excluding carboxylic acids is 1. The minimum atomic E-state index is -1.05. The first-order valence-electron chi connectivity index (χ1n) is 18.7. The number of carbonyl (C=O) groups is 1. The van der Waals surface area contributed by atoms with Crippen LogP contribution in [0.3, 0.4) is 0 Å². The second kappa shape index (κ2) is 15.0. The van der Waals surface area contributed by atoms with Crippen LogP contribution >= 0.6 is 0 Å². The van der Waals surface area contributed by atoms with Gasteiger partial charge in [0.05, 0.1) is 40.7 Å². The predicted molar refractivity (Wildman–Crippen MR) is 205 cm³/mol. The Bertz CT molecular complexity index is 2530. The van der Waals surface area contributed by atoms with Gasteiger partial charge in [0.1, 0.15) is 41.4 Å². The number of hydrogen-bond donors (Lipinski definition) is 0. The van der Waals surface area contributed by atoms with Crippen molar-refractivity contribution in [2.75, 3.05) is 44.2 Å². The number of aryl methyl sites for hydroxylation is 2. The largest absolute Gasteiger partial charge is 0.461 e. The number of aromatic nitrogens is 5. The molecular formula is C42H37F4N9O2. The van der Waals surface area contributed by atoms with Crippen LogP contribution in [0.25, 0.3) is 39.0 Å². The molecule has 290 valence electrons. The van der Waals surface area contributed by atoms with Gasteiger partial charge >= 0.3 is 6.01 Å². The molecule has 3 aliphatic rings. The second-order valence-electron chi connectivity index (χ2n) is 14.8. The van der Waals surface area contributed by atoms with E-state index in [2.05, 4.69) is 36.8 Å². The maximum atomic E-state index is 17.1. The molecule has 0 N–H and O–H groups in total. The van der Waals surface area contributed by atoms with Gasteiger partial charge in [0.25, 0.3) is 5.91 Å². The van der Waals surface area contributed by atoms with Gasteiger partial charge in [-0.15, -0.1) is 6.42 Å². The summed E-state index contributed by atoms with van der Waals surface area (Å²) in [5.41, 5.74) is 0.238. The summed E-state index contributed by atoms with van der Waals surface area (Å²) in [5, 5.41) is 10.9. The molecule has 5 aromatic rings. The van der Waals surface area contributed by atoms with E-state index in [1.807, 2.05) is 0 Å². The van der Waals surface area contributed by atoms with Crippen molar-refractivity contribution in [1.29, 1.82) is 5.26 Å². The summed E-state index contributed by atoms with van der Waals surface area (Å²) in [6, 6.07) is 10.6. The molecule has 2 aromatic carbocycles. The second-order valence-corrected chi connectivity index (χ2v) is 14.8. The Balaban J connectivity index is 1.19. The first kappa shape index (κ1) is 37.7. The van der Waals surface area contributed by atoms with Crippen LogP contribution in [0.5, 0.6) is 6.01 Å². The molecule has 0 bridgehead atoms. The summed E-state index contributed by atoms with van der Waals surface area (Å²) in [7, 11) is 0. The highest BCUT2D eigenvalue weighted by Crippen LogP contribution is 2.41. The van der Waals surface area contributed by atoms with E-state index in [1.54, 1.807) is 49.1 Å². The molecule has 3 saturated heterocycles. The Labute approximate surface area is 326 Å². The standard InChI is InChI=1S/C42H37F4N9O2/c1-4-30-33(44)10-9-26-7-5-8-31(35(26)30)37-36(46)38-32(20-48-37)39(52-41(51-38)57-23-42-12-6-14-54(42)21-27(43)19-42)53-15-16-55(29(22-53)11-13-47)40(56)34(45)18-28-17-24(2)49-25(3)50-28/h1,5,7-10,17-18,20,27,29H,6,11-12,14-16,19,21-23H2,2-3H3/b34-18-/t27-,29+,42+/m1/s1. The van der Waals surface area contributed by atoms with Gasteiger partial charge in [0.2, 0.25) is 0 Å². The van der Waals surface area contributed by atoms with Crippen molar-refractivity contribution in [2.24, 2.45) is 0 Å². The third kappa shape index (κ3) is 6.97. The Morgan fingerprint density at radius 1 is 1.11 bits per heavy atom. The zero-order chi connectivity index (χ0) is 40.0. The number of halogens is 4. The average molecular weight is 776 g/mol. The van der Waals surface area contributed by atoms with Crippen molar-refractivity contribution in [1.82, 2.24) is 34.7 Å². The van der Waals surface area contributed by atoms with E-state index in [-0.39, 0.29) is 84.3 Å². The highest BCUT2D eigenvalue weighted by molar-refractivity contribution is 6.02. The highest BCUT2D eigenvalue weighted by atomic mass is 19.1. The minimum Gasteiger partial charge on any atom is -0.461 e. The molecule has 0 aliphatic carbocycles. The summed E-state index contributed by atoms with van der Waals surface area (Å²) in [5.74, 6) is -0.395. The SMILES string of the molecule is C#Cc1c(F)ccc2cccc(-c3ncc4c(N5CCN(C(=O)/C(F)=C/c6cc(C)nc(C)n6)[C@@H](CC#N)C5)nc(OC[C@@]56CCCN5C[C@H](F)C6)nc4c3F)c12. The zero-order valence-electron chi connectivity index (χ0n) is 31.3. The van der Waals surface area contributed by atoms with Gasteiger partial charge in [-0.1, -0.05) is 30.2 Å². The van der Waals surface area contributed by atoms with Crippen molar-refractivity contribution in [3.05, 3.63) is 82.8 Å². The van der Waals surface area contributed by atoms with E-state index >= 15 is 8.78 Å². The summed E-state index contributed by atoms with van der Waals surface area (Å²) in [6.45, 7) is 4.66. The number of benzene rings is 2. The van der Waals surface area contributed by atoms with E-state index in [4.69, 9.17) is 16.1 Å². The molecule has 0 saturated carbocycles. The monoisotopic (exact) mass is 775 g/mol. The van der Waals surface area contributed by atoms with Crippen LogP contribution in [0.1, 0.15) is 48.5 Å². The van der Waals surface area contributed by atoms with Gasteiger partial charge in [-0.2, -0.15) is 15.2 Å². The van der Waals surface area contributed by atoms with E-state index < -0.39 is 41.1 Å². The van der Waals surface area contributed by atoms with Gasteiger partial charge in [-0.25, -0.2) is 27.5 Å². The van der Waals surface area contributed by atoms with Crippen LogP contribution in [0.2, 0.25) is 0 Å². The van der Waals surface area contributed by atoms with Gasteiger partial charge in [-0.05, 0) is 50.8 Å². The predicted octanol–water partition coefficient (Wildman–Crippen LogP) is 6.41. The molecule has 3 atom stereocenters. The fraction of sp³-hybridized carbons (Fsp3) is 0.357. The molecule has 3 fully saturated rings. The normalized spacial score (nSPS) is 21.2. The number of rotatable bonds is 8. The molecule has 15 heteroatoms. The number of nitriles is 1. The maximum absolute atomic E-state index is 17.1. The lowest BCUT2D eigenvalue weighted by atomic mass is 9.95. The minimum absolute atomic E-state index is 0.00363. The first-order valence-corrected chi connectivity index (χ1v) is 18.7. The summed E-state index contributed by atoms with van der Waals surface area (Å²) < 4.78 is 68.4. The Morgan fingerprint density at radius 3 is 2.74 bits per heavy atom. The summed E-state index contributed by atoms with van der Waals surface area (Å²) in [4.78, 5) is 40.8. The van der Waals surface area contributed by atoms with Crippen LogP contribution in [0, 0.1) is 49.2 Å². The lowest BCUT2D eigenvalue weighted by molar-refractivity contribution is -0.131. The summed E-state index contributed by atoms with van der Waals surface area (Å²) in [6.07, 6.45) is 8.93. The average Bonchev–Trinajstić information content (AvgIpc) is 3.72. The maximum Gasteiger partial charge on any atom is 0.319 e. The molecule has 0 spiro atoms. The number of terminal acetylenes is 1. The molecule has 0 radical (unpaired) electrons. The van der Waals surface area contributed by atoms with Crippen molar-refractivity contribution in [2.45, 2.75) is 57.3 Å². The number of fused-ring (bicyclic) bond motifs is 3. The molecule has 8 rings (SSSR count). The van der Waals surface area contributed by atoms with E-state index in [0.29, 0.717) is 28.8 Å². The lowest BCUT2D eigenvalue weighted by Gasteiger charge is -2.41. The fourth-order valence-electron chi connectivity index (χ4n) is 8.60. The zero-order valence-corrected chi connectivity index (χ0v) is 31.3. The molecule has 1 amide bonds. The number of pyridine rings is 1. The van der Waals surface area contributed by atoms with Crippen molar-refractivity contribution < 1.29 is 27.1 Å². The molecule has 0 unspecified atom stereocenters. The topological polar surface area (TPSA) is 124 Å². The Kier molecular flexibility index (Phi) is 9.96. The number of ether oxygens (including phenoxy) is 1. The van der Waals surface area contributed by atoms with Crippen molar-refractivity contribution in [3.8, 4) is 35.7 Å². The molecule has 6 heterocycles. The number of alkyl halides is 1. The third-order valence-electron chi connectivity index (χ3n) is 11.1. The smallest absolute Gasteiger partial charge is 0.319 e. The van der Waals surface area contributed by atoms with Gasteiger partial charge in [-0.3, -0.25) is 14.7 Å². The van der Waals surface area contributed by atoms with E-state index in [9.17, 15) is 18.8 Å². The molecule has 3 aliphatic heterocycles. The van der Waals surface area contributed by atoms with E-state index in [0.717, 1.165) is 25.5 Å². The number of amides is 1. The van der Waals surface area contributed by atoms with Crippen LogP contribution < -0.4 is 9.64 Å². The van der Waals surface area contributed by atoms with E-state index in [1.165, 1.54) is 17.2 Å². The molecule has 3 aromatic heterocycles. The Morgan fingerprint density at radius 2 is 1.95 bits per heavy atom. The quantitative estimate of drug-likeness (QED) is 0.0993. The molecule has 11 nitrogen and oxygen atoms in total. The van der Waals surface area contributed by atoms with Gasteiger partial charge < -0.3 is 14.5 Å². The number of anilines is 1. The highest BCUT2D eigenvalue weighted by Gasteiger charge is 2.49.